The van der Waals surface area contributed by atoms with Gasteiger partial charge >= 0.3 is 0 Å². The van der Waals surface area contributed by atoms with E-state index < -0.39 is 0 Å². The van der Waals surface area contributed by atoms with Crippen LogP contribution in [0.1, 0.15) is 36.5 Å². The maximum atomic E-state index is 12.2. The largest absolute Gasteiger partial charge is 0.454 e. The van der Waals surface area contributed by atoms with Crippen molar-refractivity contribution in [2.75, 3.05) is 13.3 Å². The van der Waals surface area contributed by atoms with Crippen molar-refractivity contribution in [2.24, 2.45) is 5.73 Å². The van der Waals surface area contributed by atoms with Gasteiger partial charge in [-0.15, -0.1) is 12.4 Å². The quantitative estimate of drug-likeness (QED) is 0.797. The van der Waals surface area contributed by atoms with Gasteiger partial charge in [0.15, 0.2) is 11.5 Å². The average molecular weight is 380 g/mol. The standard InChI is InChI=1S/C14H19BrN2O3.ClH/c1-2-3-4-10(7-16)17-14(18)9-5-11(15)13-12(6-9)19-8-20-13;/h5-6,10H,2-4,7-8,16H2,1H3,(H,17,18);1H. The highest BCUT2D eigenvalue weighted by molar-refractivity contribution is 9.10. The molecule has 2 rings (SSSR count). The zero-order valence-electron chi connectivity index (χ0n) is 11.9. The van der Waals surface area contributed by atoms with E-state index in [4.69, 9.17) is 15.2 Å². The highest BCUT2D eigenvalue weighted by Gasteiger charge is 2.21. The molecule has 5 nitrogen and oxygen atoms in total. The fraction of sp³-hybridized carbons (Fsp3) is 0.500. The van der Waals surface area contributed by atoms with E-state index in [1.165, 1.54) is 0 Å². The number of hydrogen-bond donors (Lipinski definition) is 2. The molecule has 1 amide bonds. The summed E-state index contributed by atoms with van der Waals surface area (Å²) in [6, 6.07) is 3.43. The first kappa shape index (κ1) is 18.1. The summed E-state index contributed by atoms with van der Waals surface area (Å²) in [5, 5.41) is 2.96. The summed E-state index contributed by atoms with van der Waals surface area (Å²) < 4.78 is 11.3. The van der Waals surface area contributed by atoms with Gasteiger partial charge in [0, 0.05) is 18.2 Å². The van der Waals surface area contributed by atoms with E-state index in [0.717, 1.165) is 23.7 Å². The van der Waals surface area contributed by atoms with E-state index in [1.807, 2.05) is 0 Å². The lowest BCUT2D eigenvalue weighted by Crippen LogP contribution is -2.40. The van der Waals surface area contributed by atoms with Gasteiger partial charge in [-0.25, -0.2) is 0 Å². The first-order valence-electron chi connectivity index (χ1n) is 6.75. The number of amides is 1. The third kappa shape index (κ3) is 4.49. The second kappa shape index (κ2) is 8.46. The molecule has 0 aliphatic carbocycles. The number of unbranched alkanes of at least 4 members (excludes halogenated alkanes) is 1. The Balaban J connectivity index is 0.00000220. The van der Waals surface area contributed by atoms with Crippen LogP contribution in [0, 0.1) is 0 Å². The van der Waals surface area contributed by atoms with Crippen molar-refractivity contribution in [2.45, 2.75) is 32.2 Å². The number of carbonyl (C=O) groups is 1. The van der Waals surface area contributed by atoms with Gasteiger partial charge in [-0.2, -0.15) is 0 Å². The Morgan fingerprint density at radius 2 is 2.24 bits per heavy atom. The second-order valence-corrected chi connectivity index (χ2v) is 5.59. The lowest BCUT2D eigenvalue weighted by Gasteiger charge is -2.16. The van der Waals surface area contributed by atoms with Gasteiger partial charge in [0.25, 0.3) is 5.91 Å². The maximum absolute atomic E-state index is 12.2. The van der Waals surface area contributed by atoms with Crippen LogP contribution in [0.3, 0.4) is 0 Å². The molecule has 3 N–H and O–H groups in total. The first-order valence-corrected chi connectivity index (χ1v) is 7.55. The Morgan fingerprint density at radius 3 is 2.90 bits per heavy atom. The third-order valence-corrected chi connectivity index (χ3v) is 3.80. The van der Waals surface area contributed by atoms with E-state index >= 15 is 0 Å². The second-order valence-electron chi connectivity index (χ2n) is 4.74. The Bertz CT molecular complexity index is 499. The summed E-state index contributed by atoms with van der Waals surface area (Å²) in [4.78, 5) is 12.2. The van der Waals surface area contributed by atoms with Crippen LogP contribution < -0.4 is 20.5 Å². The fourth-order valence-corrected chi connectivity index (χ4v) is 2.62. The lowest BCUT2D eigenvalue weighted by molar-refractivity contribution is 0.0935. The summed E-state index contributed by atoms with van der Waals surface area (Å²) in [6.07, 6.45) is 3.03. The monoisotopic (exact) mass is 378 g/mol. The molecule has 1 unspecified atom stereocenters. The van der Waals surface area contributed by atoms with Gasteiger partial charge in [-0.3, -0.25) is 4.79 Å². The number of hydrogen-bond acceptors (Lipinski definition) is 4. The topological polar surface area (TPSA) is 73.6 Å². The highest BCUT2D eigenvalue weighted by atomic mass is 79.9. The van der Waals surface area contributed by atoms with Crippen LogP contribution in [0.25, 0.3) is 0 Å². The van der Waals surface area contributed by atoms with Crippen LogP contribution in [0.4, 0.5) is 0 Å². The summed E-state index contributed by atoms with van der Waals surface area (Å²) in [6.45, 7) is 2.74. The van der Waals surface area contributed by atoms with E-state index in [9.17, 15) is 4.79 Å². The molecule has 1 heterocycles. The SMILES string of the molecule is CCCCC(CN)NC(=O)c1cc(Br)c2c(c1)OCO2.Cl. The van der Waals surface area contributed by atoms with E-state index in [0.29, 0.717) is 23.6 Å². The molecule has 118 valence electrons. The number of fused-ring (bicyclic) bond motifs is 1. The maximum Gasteiger partial charge on any atom is 0.251 e. The molecule has 0 spiro atoms. The molecular formula is C14H20BrClN2O3. The zero-order chi connectivity index (χ0) is 14.5. The van der Waals surface area contributed by atoms with Crippen molar-refractivity contribution >= 4 is 34.2 Å². The molecule has 1 atom stereocenters. The number of nitrogens with one attached hydrogen (secondary N) is 1. The Kier molecular flexibility index (Phi) is 7.28. The molecule has 1 aromatic carbocycles. The van der Waals surface area contributed by atoms with E-state index in [1.54, 1.807) is 12.1 Å². The molecule has 1 aromatic rings. The molecule has 0 aromatic heterocycles. The van der Waals surface area contributed by atoms with E-state index in [2.05, 4.69) is 28.2 Å². The van der Waals surface area contributed by atoms with Gasteiger partial charge in [-0.05, 0) is 34.5 Å². The van der Waals surface area contributed by atoms with Crippen LogP contribution in [-0.4, -0.2) is 25.3 Å². The molecule has 1 aliphatic heterocycles. The van der Waals surface area contributed by atoms with Crippen molar-refractivity contribution in [1.82, 2.24) is 5.32 Å². The first-order chi connectivity index (χ1) is 9.65. The molecule has 0 saturated heterocycles. The predicted molar refractivity (Wildman–Crippen MR) is 87.3 cm³/mol. The molecule has 7 heteroatoms. The summed E-state index contributed by atoms with van der Waals surface area (Å²) in [7, 11) is 0. The van der Waals surface area contributed by atoms with Gasteiger partial charge in [-0.1, -0.05) is 19.8 Å². The highest BCUT2D eigenvalue weighted by Crippen LogP contribution is 2.39. The number of halogens is 2. The van der Waals surface area contributed by atoms with Gasteiger partial charge in [0.05, 0.1) is 4.47 Å². The minimum atomic E-state index is -0.143. The Hall–Kier alpha value is -0.980. The molecular weight excluding hydrogens is 360 g/mol. The smallest absolute Gasteiger partial charge is 0.251 e. The minimum absolute atomic E-state index is 0. The van der Waals surface area contributed by atoms with Crippen molar-refractivity contribution in [1.29, 1.82) is 0 Å². The number of rotatable bonds is 6. The molecule has 0 radical (unpaired) electrons. The number of nitrogens with two attached hydrogens (primary N) is 1. The van der Waals surface area contributed by atoms with Crippen molar-refractivity contribution < 1.29 is 14.3 Å². The third-order valence-electron chi connectivity index (χ3n) is 3.22. The van der Waals surface area contributed by atoms with E-state index in [-0.39, 0.29) is 31.1 Å². The molecule has 0 fully saturated rings. The Morgan fingerprint density at radius 1 is 1.48 bits per heavy atom. The average Bonchev–Trinajstić information content (AvgIpc) is 2.92. The van der Waals surface area contributed by atoms with Crippen LogP contribution in [-0.2, 0) is 0 Å². The van der Waals surface area contributed by atoms with Crippen molar-refractivity contribution in [3.8, 4) is 11.5 Å². The summed E-state index contributed by atoms with van der Waals surface area (Å²) in [5.74, 6) is 1.08. The van der Waals surface area contributed by atoms with Crippen LogP contribution in [0.2, 0.25) is 0 Å². The van der Waals surface area contributed by atoms with Crippen LogP contribution in [0.5, 0.6) is 11.5 Å². The zero-order valence-corrected chi connectivity index (χ0v) is 14.3. The normalized spacial score (nSPS) is 13.5. The summed E-state index contributed by atoms with van der Waals surface area (Å²) in [5.41, 5.74) is 6.23. The van der Waals surface area contributed by atoms with Crippen molar-refractivity contribution in [3.63, 3.8) is 0 Å². The Labute approximate surface area is 139 Å². The van der Waals surface area contributed by atoms with Crippen molar-refractivity contribution in [3.05, 3.63) is 22.2 Å². The van der Waals surface area contributed by atoms with Gasteiger partial charge in [0.1, 0.15) is 0 Å². The van der Waals surface area contributed by atoms with Gasteiger partial charge < -0.3 is 20.5 Å². The number of ether oxygens (including phenoxy) is 2. The van der Waals surface area contributed by atoms with Gasteiger partial charge in [0.2, 0.25) is 6.79 Å². The van der Waals surface area contributed by atoms with Crippen LogP contribution in [0.15, 0.2) is 16.6 Å². The molecule has 0 bridgehead atoms. The minimum Gasteiger partial charge on any atom is -0.454 e. The van der Waals surface area contributed by atoms with Crippen LogP contribution >= 0.6 is 28.3 Å². The predicted octanol–water partition coefficient (Wildman–Crippen LogP) is 2.85. The fourth-order valence-electron chi connectivity index (χ4n) is 2.07. The number of benzene rings is 1. The molecule has 0 saturated carbocycles. The number of carbonyl (C=O) groups excluding carboxylic acids is 1. The lowest BCUT2D eigenvalue weighted by atomic mass is 10.1. The summed E-state index contributed by atoms with van der Waals surface area (Å²) >= 11 is 3.38. The molecule has 21 heavy (non-hydrogen) atoms. The molecule has 1 aliphatic rings.